The molecule has 0 fully saturated rings. The monoisotopic (exact) mass is 324 g/mol. The summed E-state index contributed by atoms with van der Waals surface area (Å²) < 4.78 is 1.55. The lowest BCUT2D eigenvalue weighted by Gasteiger charge is -2.25. The number of amides is 1. The lowest BCUT2D eigenvalue weighted by atomic mass is 10.1. The molecule has 0 atom stereocenters. The van der Waals surface area contributed by atoms with Crippen molar-refractivity contribution in [1.82, 2.24) is 29.9 Å². The molecule has 0 unspecified atom stereocenters. The average Bonchev–Trinajstić information content (AvgIpc) is 3.06. The second-order valence-electron chi connectivity index (χ2n) is 5.96. The van der Waals surface area contributed by atoms with Gasteiger partial charge in [0.05, 0.1) is 23.3 Å². The quantitative estimate of drug-likeness (QED) is 0.705. The summed E-state index contributed by atoms with van der Waals surface area (Å²) in [6, 6.07) is 5.24. The number of carbonyl (C=O) groups excluding carboxylic acids is 1. The molecule has 4 rings (SSSR count). The van der Waals surface area contributed by atoms with Gasteiger partial charge < -0.3 is 9.47 Å². The van der Waals surface area contributed by atoms with E-state index in [0.29, 0.717) is 41.8 Å². The van der Waals surface area contributed by atoms with E-state index in [9.17, 15) is 9.59 Å². The summed E-state index contributed by atoms with van der Waals surface area (Å²) in [6.07, 6.45) is 0.691. The molecule has 8 heteroatoms. The van der Waals surface area contributed by atoms with Crippen molar-refractivity contribution < 1.29 is 4.79 Å². The summed E-state index contributed by atoms with van der Waals surface area (Å²) in [7, 11) is 1.71. The maximum absolute atomic E-state index is 12.8. The zero-order valence-corrected chi connectivity index (χ0v) is 13.4. The van der Waals surface area contributed by atoms with Crippen molar-refractivity contribution in [2.24, 2.45) is 7.05 Å². The Morgan fingerprint density at radius 1 is 1.25 bits per heavy atom. The number of nitrogens with zero attached hydrogens (tertiary/aromatic N) is 5. The van der Waals surface area contributed by atoms with Gasteiger partial charge in [0.1, 0.15) is 11.4 Å². The van der Waals surface area contributed by atoms with E-state index < -0.39 is 0 Å². The first-order valence-corrected chi connectivity index (χ1v) is 7.70. The maximum Gasteiger partial charge on any atom is 0.272 e. The maximum atomic E-state index is 12.8. The molecule has 0 bridgehead atoms. The van der Waals surface area contributed by atoms with Gasteiger partial charge in [-0.15, -0.1) is 0 Å². The third-order valence-electron chi connectivity index (χ3n) is 4.44. The Morgan fingerprint density at radius 3 is 2.88 bits per heavy atom. The van der Waals surface area contributed by atoms with Gasteiger partial charge in [-0.2, -0.15) is 15.4 Å². The summed E-state index contributed by atoms with van der Waals surface area (Å²) in [6.45, 7) is 2.73. The minimum Gasteiger partial charge on any atom is -0.332 e. The average molecular weight is 324 g/mol. The number of aromatic nitrogens is 5. The number of nitrogens with one attached hydrogen (secondary N) is 1. The third-order valence-corrected chi connectivity index (χ3v) is 4.44. The lowest BCUT2D eigenvalue weighted by molar-refractivity contribution is 0.0732. The summed E-state index contributed by atoms with van der Waals surface area (Å²) in [4.78, 5) is 30.8. The van der Waals surface area contributed by atoms with Crippen LogP contribution in [0.25, 0.3) is 11.0 Å². The summed E-state index contributed by atoms with van der Waals surface area (Å²) in [5.74, 6) is -0.0705. The van der Waals surface area contributed by atoms with Gasteiger partial charge in [-0.05, 0) is 25.1 Å². The molecular formula is C16H16N6O2. The number of carbonyl (C=O) groups is 1. The van der Waals surface area contributed by atoms with Crippen molar-refractivity contribution in [1.29, 1.82) is 0 Å². The SMILES string of the molecule is Cc1nc2cc(C(=O)N3CCc4n[nH]nc4C3)ccc2n(C)c1=O. The predicted molar refractivity (Wildman–Crippen MR) is 86.5 cm³/mol. The van der Waals surface area contributed by atoms with Crippen LogP contribution in [0.5, 0.6) is 0 Å². The van der Waals surface area contributed by atoms with Gasteiger partial charge in [-0.3, -0.25) is 9.59 Å². The molecule has 122 valence electrons. The van der Waals surface area contributed by atoms with Crippen LogP contribution in [0.15, 0.2) is 23.0 Å². The van der Waals surface area contributed by atoms with E-state index in [1.54, 1.807) is 41.6 Å². The molecule has 24 heavy (non-hydrogen) atoms. The summed E-state index contributed by atoms with van der Waals surface area (Å²) >= 11 is 0. The molecule has 0 aliphatic carbocycles. The van der Waals surface area contributed by atoms with E-state index in [1.165, 1.54) is 0 Å². The van der Waals surface area contributed by atoms with Crippen LogP contribution in [0, 0.1) is 6.92 Å². The number of aryl methyl sites for hydroxylation is 2. The van der Waals surface area contributed by atoms with Crippen molar-refractivity contribution in [2.45, 2.75) is 19.9 Å². The normalized spacial score (nSPS) is 14.0. The molecule has 0 radical (unpaired) electrons. The van der Waals surface area contributed by atoms with Crippen LogP contribution >= 0.6 is 0 Å². The van der Waals surface area contributed by atoms with Gasteiger partial charge in [0.2, 0.25) is 0 Å². The molecule has 1 aliphatic rings. The standard InChI is InChI=1S/C16H16N6O2/c1-9-15(23)21(2)14-4-3-10(7-12(14)17-9)16(24)22-6-5-11-13(8-22)19-20-18-11/h3-4,7H,5-6,8H2,1-2H3,(H,18,19,20). The number of hydrogen-bond acceptors (Lipinski definition) is 5. The van der Waals surface area contributed by atoms with Crippen molar-refractivity contribution in [2.75, 3.05) is 6.54 Å². The van der Waals surface area contributed by atoms with E-state index in [4.69, 9.17) is 0 Å². The molecule has 1 N–H and O–H groups in total. The highest BCUT2D eigenvalue weighted by molar-refractivity contribution is 5.97. The van der Waals surface area contributed by atoms with Gasteiger partial charge in [0.25, 0.3) is 11.5 Å². The molecule has 8 nitrogen and oxygen atoms in total. The molecular weight excluding hydrogens is 308 g/mol. The number of fused-ring (bicyclic) bond motifs is 2. The topological polar surface area (TPSA) is 96.8 Å². The third kappa shape index (κ3) is 2.18. The van der Waals surface area contributed by atoms with E-state index in [2.05, 4.69) is 20.4 Å². The molecule has 0 saturated carbocycles. The number of rotatable bonds is 1. The van der Waals surface area contributed by atoms with Crippen LogP contribution in [0.2, 0.25) is 0 Å². The summed E-state index contributed by atoms with van der Waals surface area (Å²) in [5.41, 5.74) is 3.92. The van der Waals surface area contributed by atoms with Gasteiger partial charge in [0.15, 0.2) is 0 Å². The van der Waals surface area contributed by atoms with Crippen LogP contribution in [0.1, 0.15) is 27.4 Å². The zero-order chi connectivity index (χ0) is 16.8. The smallest absolute Gasteiger partial charge is 0.272 e. The Balaban J connectivity index is 1.70. The first-order valence-electron chi connectivity index (χ1n) is 7.70. The molecule has 3 heterocycles. The van der Waals surface area contributed by atoms with E-state index in [0.717, 1.165) is 11.4 Å². The number of aromatic amines is 1. The van der Waals surface area contributed by atoms with Crippen LogP contribution in [-0.2, 0) is 20.0 Å². The van der Waals surface area contributed by atoms with Gasteiger partial charge >= 0.3 is 0 Å². The van der Waals surface area contributed by atoms with Crippen LogP contribution in [0.4, 0.5) is 0 Å². The molecule has 1 aliphatic heterocycles. The minimum absolute atomic E-state index is 0.0705. The van der Waals surface area contributed by atoms with Gasteiger partial charge in [-0.1, -0.05) is 0 Å². The van der Waals surface area contributed by atoms with Crippen molar-refractivity contribution in [3.8, 4) is 0 Å². The number of H-pyrrole nitrogens is 1. The Hall–Kier alpha value is -3.03. The lowest BCUT2D eigenvalue weighted by Crippen LogP contribution is -2.36. The molecule has 1 amide bonds. The van der Waals surface area contributed by atoms with E-state index in [-0.39, 0.29) is 11.5 Å². The largest absolute Gasteiger partial charge is 0.332 e. The molecule has 3 aromatic rings. The van der Waals surface area contributed by atoms with Crippen molar-refractivity contribution in [3.63, 3.8) is 0 Å². The Labute approximate surface area is 137 Å². The van der Waals surface area contributed by atoms with Crippen molar-refractivity contribution in [3.05, 3.63) is 51.2 Å². The molecule has 0 saturated heterocycles. The summed E-state index contributed by atoms with van der Waals surface area (Å²) in [5, 5.41) is 10.8. The van der Waals surface area contributed by atoms with Crippen LogP contribution < -0.4 is 5.56 Å². The fourth-order valence-corrected chi connectivity index (χ4v) is 3.07. The Morgan fingerprint density at radius 2 is 2.04 bits per heavy atom. The Bertz CT molecular complexity index is 1020. The highest BCUT2D eigenvalue weighted by Crippen LogP contribution is 2.19. The predicted octanol–water partition coefficient (Wildman–Crippen LogP) is 0.559. The van der Waals surface area contributed by atoms with E-state index >= 15 is 0 Å². The van der Waals surface area contributed by atoms with Crippen LogP contribution in [-0.4, -0.2) is 42.3 Å². The van der Waals surface area contributed by atoms with Crippen molar-refractivity contribution >= 4 is 16.9 Å². The second kappa shape index (κ2) is 5.26. The number of benzene rings is 1. The minimum atomic E-state index is -0.129. The van der Waals surface area contributed by atoms with Crippen LogP contribution in [0.3, 0.4) is 0 Å². The first-order chi connectivity index (χ1) is 11.5. The molecule has 2 aromatic heterocycles. The number of hydrogen-bond donors (Lipinski definition) is 1. The van der Waals surface area contributed by atoms with E-state index in [1.807, 2.05) is 0 Å². The Kier molecular flexibility index (Phi) is 3.19. The van der Waals surface area contributed by atoms with Gasteiger partial charge in [-0.25, -0.2) is 4.98 Å². The zero-order valence-electron chi connectivity index (χ0n) is 13.4. The van der Waals surface area contributed by atoms with Gasteiger partial charge in [0, 0.05) is 25.6 Å². The first kappa shape index (κ1) is 14.6. The molecule has 1 aromatic carbocycles. The second-order valence-corrected chi connectivity index (χ2v) is 5.96. The molecule has 0 spiro atoms. The highest BCUT2D eigenvalue weighted by atomic mass is 16.2. The fraction of sp³-hybridized carbons (Fsp3) is 0.312. The fourth-order valence-electron chi connectivity index (χ4n) is 3.07. The highest BCUT2D eigenvalue weighted by Gasteiger charge is 2.24.